The Morgan fingerprint density at radius 3 is 2.38 bits per heavy atom. The third-order valence-electron chi connectivity index (χ3n) is 4.65. The molecule has 0 saturated carbocycles. The van der Waals surface area contributed by atoms with Crippen molar-refractivity contribution in [2.45, 2.75) is 26.2 Å². The van der Waals surface area contributed by atoms with Gasteiger partial charge < -0.3 is 15.2 Å². The maximum atomic E-state index is 10.3. The fourth-order valence-corrected chi connectivity index (χ4v) is 3.15. The molecule has 1 aliphatic rings. The van der Waals surface area contributed by atoms with Gasteiger partial charge in [0.05, 0.1) is 18.4 Å². The van der Waals surface area contributed by atoms with Crippen molar-refractivity contribution in [1.29, 1.82) is 0 Å². The van der Waals surface area contributed by atoms with Crippen LogP contribution in [0.5, 0.6) is 5.75 Å². The van der Waals surface area contributed by atoms with Gasteiger partial charge in [0.1, 0.15) is 5.75 Å². The van der Waals surface area contributed by atoms with Crippen molar-refractivity contribution in [3.05, 3.63) is 71.3 Å². The highest BCUT2D eigenvalue weighted by atomic mass is 16.5. The molecule has 4 nitrogen and oxygen atoms in total. The number of nitrogens with one attached hydrogen (secondary N) is 1. The number of carboxylic acid groups (broad SMARTS) is 1. The van der Waals surface area contributed by atoms with Crippen molar-refractivity contribution in [3.8, 4) is 5.75 Å². The third-order valence-corrected chi connectivity index (χ3v) is 4.65. The van der Waals surface area contributed by atoms with E-state index in [1.807, 2.05) is 20.0 Å². The van der Waals surface area contributed by atoms with E-state index in [-0.39, 0.29) is 0 Å². The Bertz CT molecular complexity index is 765. The van der Waals surface area contributed by atoms with E-state index in [2.05, 4.69) is 36.5 Å². The molecule has 3 rings (SSSR count). The first-order valence-corrected chi connectivity index (χ1v) is 8.79. The lowest BCUT2D eigenvalue weighted by molar-refractivity contribution is 0.0697. The number of ether oxygens (including phenoxy) is 1. The van der Waals surface area contributed by atoms with Crippen molar-refractivity contribution in [2.75, 3.05) is 19.5 Å². The Kier molecular flexibility index (Phi) is 6.84. The van der Waals surface area contributed by atoms with E-state index < -0.39 is 5.97 Å². The second kappa shape index (κ2) is 9.09. The predicted octanol–water partition coefficient (Wildman–Crippen LogP) is 5.11. The molecule has 138 valence electrons. The standard InChI is InChI=1S/C14H19NO.C8H8O2/c1-10-6-4-7-11(10)12-8-5-9-13(16-3)14(12)15-2;1-6-2-4-7(5-3-6)8(9)10/h4-5,7-11,15H,6H2,1-3H3;2-5H,1H3,(H,9,10). The minimum Gasteiger partial charge on any atom is -0.495 e. The zero-order chi connectivity index (χ0) is 19.1. The SMILES string of the molecule is CNc1c(OC)cccc1C1C=CCC1C.Cc1ccc(C(=O)O)cc1. The molecule has 0 radical (unpaired) electrons. The van der Waals surface area contributed by atoms with Crippen molar-refractivity contribution < 1.29 is 14.6 Å². The van der Waals surface area contributed by atoms with Crippen LogP contribution < -0.4 is 10.1 Å². The van der Waals surface area contributed by atoms with E-state index >= 15 is 0 Å². The predicted molar refractivity (Wildman–Crippen MR) is 106 cm³/mol. The van der Waals surface area contributed by atoms with Gasteiger partial charge >= 0.3 is 5.97 Å². The second-order valence-corrected chi connectivity index (χ2v) is 6.51. The number of benzene rings is 2. The summed E-state index contributed by atoms with van der Waals surface area (Å²) in [6.07, 6.45) is 5.75. The van der Waals surface area contributed by atoms with Gasteiger partial charge in [-0.2, -0.15) is 0 Å². The summed E-state index contributed by atoms with van der Waals surface area (Å²) in [5, 5.41) is 11.7. The van der Waals surface area contributed by atoms with E-state index in [1.54, 1.807) is 31.4 Å². The molecule has 0 aromatic heterocycles. The van der Waals surface area contributed by atoms with Gasteiger partial charge in [-0.3, -0.25) is 0 Å². The Morgan fingerprint density at radius 2 is 1.88 bits per heavy atom. The number of aromatic carboxylic acids is 1. The number of allylic oxidation sites excluding steroid dienone is 2. The fourth-order valence-electron chi connectivity index (χ4n) is 3.15. The zero-order valence-electron chi connectivity index (χ0n) is 15.8. The highest BCUT2D eigenvalue weighted by molar-refractivity contribution is 5.87. The van der Waals surface area contributed by atoms with Gasteiger partial charge in [0.25, 0.3) is 0 Å². The first kappa shape index (κ1) is 19.6. The van der Waals surface area contributed by atoms with Crippen molar-refractivity contribution >= 4 is 11.7 Å². The van der Waals surface area contributed by atoms with Crippen LogP contribution in [0.2, 0.25) is 0 Å². The molecule has 0 heterocycles. The van der Waals surface area contributed by atoms with Crippen LogP contribution in [0.15, 0.2) is 54.6 Å². The highest BCUT2D eigenvalue weighted by Gasteiger charge is 2.23. The third kappa shape index (κ3) is 4.66. The first-order valence-electron chi connectivity index (χ1n) is 8.79. The second-order valence-electron chi connectivity index (χ2n) is 6.51. The van der Waals surface area contributed by atoms with Gasteiger partial charge in [-0.15, -0.1) is 0 Å². The summed E-state index contributed by atoms with van der Waals surface area (Å²) < 4.78 is 5.39. The van der Waals surface area contributed by atoms with Gasteiger partial charge in [-0.25, -0.2) is 4.79 Å². The highest BCUT2D eigenvalue weighted by Crippen LogP contribution is 2.40. The Balaban J connectivity index is 0.000000209. The van der Waals surface area contributed by atoms with Gasteiger partial charge in [0.2, 0.25) is 0 Å². The van der Waals surface area contributed by atoms with Crippen LogP contribution in [-0.2, 0) is 0 Å². The quantitative estimate of drug-likeness (QED) is 0.750. The van der Waals surface area contributed by atoms with E-state index in [4.69, 9.17) is 9.84 Å². The number of carboxylic acids is 1. The van der Waals surface area contributed by atoms with Crippen LogP contribution in [0.4, 0.5) is 5.69 Å². The molecule has 4 heteroatoms. The number of carbonyl (C=O) groups is 1. The van der Waals surface area contributed by atoms with Gasteiger partial charge in [0.15, 0.2) is 0 Å². The number of hydrogen-bond acceptors (Lipinski definition) is 3. The molecule has 2 unspecified atom stereocenters. The lowest BCUT2D eigenvalue weighted by atomic mass is 9.89. The normalized spacial score (nSPS) is 18.0. The van der Waals surface area contributed by atoms with E-state index in [0.717, 1.165) is 17.0 Å². The number of hydrogen-bond donors (Lipinski definition) is 2. The summed E-state index contributed by atoms with van der Waals surface area (Å²) in [7, 11) is 3.67. The van der Waals surface area contributed by atoms with Crippen LogP contribution in [0.1, 0.15) is 40.7 Å². The van der Waals surface area contributed by atoms with Crippen LogP contribution in [-0.4, -0.2) is 25.2 Å². The molecule has 2 N–H and O–H groups in total. The minimum absolute atomic E-state index is 0.339. The minimum atomic E-state index is -0.875. The smallest absolute Gasteiger partial charge is 0.335 e. The molecule has 0 spiro atoms. The van der Waals surface area contributed by atoms with Crippen molar-refractivity contribution in [2.24, 2.45) is 5.92 Å². The summed E-state index contributed by atoms with van der Waals surface area (Å²) in [5.74, 6) is 1.24. The zero-order valence-corrected chi connectivity index (χ0v) is 15.8. The topological polar surface area (TPSA) is 58.6 Å². The van der Waals surface area contributed by atoms with Crippen molar-refractivity contribution in [1.82, 2.24) is 0 Å². The maximum absolute atomic E-state index is 10.3. The molecule has 0 amide bonds. The lowest BCUT2D eigenvalue weighted by Crippen LogP contribution is -2.06. The summed E-state index contributed by atoms with van der Waals surface area (Å²) in [5.41, 5.74) is 3.87. The molecular formula is C22H27NO3. The number of aryl methyl sites for hydroxylation is 1. The molecule has 0 fully saturated rings. The molecule has 26 heavy (non-hydrogen) atoms. The summed E-state index contributed by atoms with van der Waals surface area (Å²) in [4.78, 5) is 10.3. The largest absolute Gasteiger partial charge is 0.495 e. The molecule has 0 saturated heterocycles. The van der Waals surface area contributed by atoms with Gasteiger partial charge in [-0.05, 0) is 43.0 Å². The number of rotatable bonds is 4. The average Bonchev–Trinajstić information content (AvgIpc) is 3.07. The molecule has 1 aliphatic carbocycles. The van der Waals surface area contributed by atoms with Crippen LogP contribution in [0, 0.1) is 12.8 Å². The monoisotopic (exact) mass is 353 g/mol. The van der Waals surface area contributed by atoms with Crippen LogP contribution in [0.3, 0.4) is 0 Å². The summed E-state index contributed by atoms with van der Waals surface area (Å²) in [6.45, 7) is 4.22. The molecule has 2 aromatic rings. The Hall–Kier alpha value is -2.75. The van der Waals surface area contributed by atoms with E-state index in [9.17, 15) is 4.79 Å². The van der Waals surface area contributed by atoms with E-state index in [0.29, 0.717) is 17.4 Å². The molecule has 2 aromatic carbocycles. The summed E-state index contributed by atoms with van der Waals surface area (Å²) >= 11 is 0. The number of para-hydroxylation sites is 1. The first-order chi connectivity index (χ1) is 12.5. The summed E-state index contributed by atoms with van der Waals surface area (Å²) in [6, 6.07) is 13.0. The maximum Gasteiger partial charge on any atom is 0.335 e. The molecule has 0 aliphatic heterocycles. The van der Waals surface area contributed by atoms with E-state index in [1.165, 1.54) is 12.0 Å². The molecule has 2 atom stereocenters. The average molecular weight is 353 g/mol. The van der Waals surface area contributed by atoms with Crippen molar-refractivity contribution in [3.63, 3.8) is 0 Å². The Morgan fingerprint density at radius 1 is 1.19 bits per heavy atom. The lowest BCUT2D eigenvalue weighted by Gasteiger charge is -2.20. The number of anilines is 1. The van der Waals surface area contributed by atoms with Crippen LogP contribution in [0.25, 0.3) is 0 Å². The van der Waals surface area contributed by atoms with Crippen LogP contribution >= 0.6 is 0 Å². The molecular weight excluding hydrogens is 326 g/mol. The molecule has 0 bridgehead atoms. The number of methoxy groups -OCH3 is 1. The Labute approximate surface area is 155 Å². The fraction of sp³-hybridized carbons (Fsp3) is 0.318. The van der Waals surface area contributed by atoms with Gasteiger partial charge in [-0.1, -0.05) is 48.9 Å². The van der Waals surface area contributed by atoms with Gasteiger partial charge in [0, 0.05) is 13.0 Å².